The van der Waals surface area contributed by atoms with Crippen LogP contribution in [0.1, 0.15) is 29.7 Å². The zero-order chi connectivity index (χ0) is 18.5. The standard InChI is InChI=1S/C20H21N3O3/c1-13-4-5-17(10-14(13)2)15(3)22-19(24)11-25-18-8-6-16(7-9-18)20-23-21-12-26-20/h4-10,12,15H,11H2,1-3H3,(H,22,24). The van der Waals surface area contributed by atoms with E-state index in [1.165, 1.54) is 17.5 Å². The molecule has 1 amide bonds. The number of benzene rings is 2. The molecule has 0 aliphatic heterocycles. The van der Waals surface area contributed by atoms with E-state index >= 15 is 0 Å². The Morgan fingerprint density at radius 3 is 2.58 bits per heavy atom. The predicted octanol–water partition coefficient (Wildman–Crippen LogP) is 3.61. The first-order chi connectivity index (χ1) is 12.5. The highest BCUT2D eigenvalue weighted by molar-refractivity contribution is 5.78. The molecule has 0 saturated heterocycles. The maximum atomic E-state index is 12.1. The van der Waals surface area contributed by atoms with Crippen LogP contribution in [0.5, 0.6) is 5.75 Å². The Hall–Kier alpha value is -3.15. The molecule has 0 aliphatic carbocycles. The molecule has 134 valence electrons. The number of hydrogen-bond acceptors (Lipinski definition) is 5. The van der Waals surface area contributed by atoms with Crippen molar-refractivity contribution >= 4 is 5.91 Å². The maximum Gasteiger partial charge on any atom is 0.258 e. The first kappa shape index (κ1) is 17.7. The molecular weight excluding hydrogens is 330 g/mol. The van der Waals surface area contributed by atoms with Crippen LogP contribution in [0.2, 0.25) is 0 Å². The number of ether oxygens (including phenoxy) is 1. The lowest BCUT2D eigenvalue weighted by atomic mass is 10.0. The second-order valence-electron chi connectivity index (χ2n) is 6.19. The molecule has 1 atom stereocenters. The van der Waals surface area contributed by atoms with Crippen molar-refractivity contribution in [2.75, 3.05) is 6.61 Å². The number of carbonyl (C=O) groups excluding carboxylic acids is 1. The lowest BCUT2D eigenvalue weighted by Gasteiger charge is -2.16. The van der Waals surface area contributed by atoms with Gasteiger partial charge in [0.1, 0.15) is 5.75 Å². The smallest absolute Gasteiger partial charge is 0.258 e. The topological polar surface area (TPSA) is 77.2 Å². The summed E-state index contributed by atoms with van der Waals surface area (Å²) in [5, 5.41) is 10.4. The van der Waals surface area contributed by atoms with E-state index in [2.05, 4.69) is 41.5 Å². The molecule has 0 aliphatic rings. The van der Waals surface area contributed by atoms with Crippen LogP contribution in [0.25, 0.3) is 11.5 Å². The van der Waals surface area contributed by atoms with Gasteiger partial charge in [-0.2, -0.15) is 0 Å². The second-order valence-corrected chi connectivity index (χ2v) is 6.19. The zero-order valence-corrected chi connectivity index (χ0v) is 15.0. The Labute approximate surface area is 152 Å². The van der Waals surface area contributed by atoms with Crippen molar-refractivity contribution in [3.8, 4) is 17.2 Å². The molecule has 1 N–H and O–H groups in total. The molecule has 1 heterocycles. The Morgan fingerprint density at radius 1 is 1.15 bits per heavy atom. The van der Waals surface area contributed by atoms with Gasteiger partial charge in [-0.05, 0) is 61.7 Å². The zero-order valence-electron chi connectivity index (χ0n) is 15.0. The quantitative estimate of drug-likeness (QED) is 0.734. The van der Waals surface area contributed by atoms with Crippen molar-refractivity contribution < 1.29 is 13.9 Å². The molecule has 2 aromatic carbocycles. The summed E-state index contributed by atoms with van der Waals surface area (Å²) in [6.07, 6.45) is 1.28. The number of rotatable bonds is 6. The monoisotopic (exact) mass is 351 g/mol. The van der Waals surface area contributed by atoms with E-state index in [1.807, 2.05) is 13.0 Å². The van der Waals surface area contributed by atoms with Gasteiger partial charge in [0.2, 0.25) is 12.3 Å². The molecule has 26 heavy (non-hydrogen) atoms. The first-order valence-electron chi connectivity index (χ1n) is 8.39. The van der Waals surface area contributed by atoms with Gasteiger partial charge in [-0.3, -0.25) is 4.79 Å². The van der Waals surface area contributed by atoms with Crippen molar-refractivity contribution in [2.24, 2.45) is 0 Å². The van der Waals surface area contributed by atoms with E-state index in [0.29, 0.717) is 11.6 Å². The van der Waals surface area contributed by atoms with Crippen LogP contribution in [-0.2, 0) is 4.79 Å². The van der Waals surface area contributed by atoms with E-state index in [1.54, 1.807) is 24.3 Å². The van der Waals surface area contributed by atoms with Gasteiger partial charge in [-0.25, -0.2) is 0 Å². The second kappa shape index (κ2) is 7.82. The fourth-order valence-corrected chi connectivity index (χ4v) is 2.54. The first-order valence-corrected chi connectivity index (χ1v) is 8.39. The molecule has 0 fully saturated rings. The number of hydrogen-bond donors (Lipinski definition) is 1. The molecule has 1 unspecified atom stereocenters. The van der Waals surface area contributed by atoms with Gasteiger partial charge in [-0.1, -0.05) is 18.2 Å². The number of nitrogens with one attached hydrogen (secondary N) is 1. The Bertz CT molecular complexity index is 874. The van der Waals surface area contributed by atoms with Crippen molar-refractivity contribution in [2.45, 2.75) is 26.8 Å². The molecule has 6 heteroatoms. The molecule has 0 bridgehead atoms. The highest BCUT2D eigenvalue weighted by Crippen LogP contribution is 2.20. The summed E-state index contributed by atoms with van der Waals surface area (Å²) in [5.41, 5.74) is 4.31. The summed E-state index contributed by atoms with van der Waals surface area (Å²) in [5.74, 6) is 0.871. The fourth-order valence-electron chi connectivity index (χ4n) is 2.54. The van der Waals surface area contributed by atoms with Gasteiger partial charge < -0.3 is 14.5 Å². The minimum absolute atomic E-state index is 0.0465. The molecule has 3 rings (SSSR count). The molecule has 3 aromatic rings. The van der Waals surface area contributed by atoms with Crippen molar-refractivity contribution in [1.29, 1.82) is 0 Å². The number of aromatic nitrogens is 2. The lowest BCUT2D eigenvalue weighted by Crippen LogP contribution is -2.31. The minimum Gasteiger partial charge on any atom is -0.484 e. The summed E-state index contributed by atoms with van der Waals surface area (Å²) in [6, 6.07) is 13.2. The van der Waals surface area contributed by atoms with Crippen LogP contribution in [-0.4, -0.2) is 22.7 Å². The largest absolute Gasteiger partial charge is 0.484 e. The number of nitrogens with zero attached hydrogens (tertiary/aromatic N) is 2. The molecule has 0 radical (unpaired) electrons. The molecule has 0 spiro atoms. The lowest BCUT2D eigenvalue weighted by molar-refractivity contribution is -0.123. The summed E-state index contributed by atoms with van der Waals surface area (Å²) < 4.78 is 10.7. The minimum atomic E-state index is -0.170. The van der Waals surface area contributed by atoms with Crippen molar-refractivity contribution in [3.63, 3.8) is 0 Å². The summed E-state index contributed by atoms with van der Waals surface area (Å²) in [6.45, 7) is 6.05. The molecule has 6 nitrogen and oxygen atoms in total. The number of carbonyl (C=O) groups is 1. The third kappa shape index (κ3) is 4.27. The van der Waals surface area contributed by atoms with E-state index in [-0.39, 0.29) is 18.6 Å². The van der Waals surface area contributed by atoms with Crippen LogP contribution in [0.3, 0.4) is 0 Å². The Kier molecular flexibility index (Phi) is 5.31. The van der Waals surface area contributed by atoms with Crippen LogP contribution in [0.4, 0.5) is 0 Å². The van der Waals surface area contributed by atoms with Crippen molar-refractivity contribution in [1.82, 2.24) is 15.5 Å². The van der Waals surface area contributed by atoms with Crippen LogP contribution >= 0.6 is 0 Å². The fraction of sp³-hybridized carbons (Fsp3) is 0.250. The predicted molar refractivity (Wildman–Crippen MR) is 97.7 cm³/mol. The number of amides is 1. The summed E-state index contributed by atoms with van der Waals surface area (Å²) >= 11 is 0. The van der Waals surface area contributed by atoms with Crippen LogP contribution in [0, 0.1) is 13.8 Å². The van der Waals surface area contributed by atoms with Gasteiger partial charge in [-0.15, -0.1) is 10.2 Å². The van der Waals surface area contributed by atoms with Gasteiger partial charge in [0.25, 0.3) is 5.91 Å². The summed E-state index contributed by atoms with van der Waals surface area (Å²) in [7, 11) is 0. The average Bonchev–Trinajstić information content (AvgIpc) is 3.17. The van der Waals surface area contributed by atoms with E-state index in [4.69, 9.17) is 9.15 Å². The average molecular weight is 351 g/mol. The highest BCUT2D eigenvalue weighted by atomic mass is 16.5. The van der Waals surface area contributed by atoms with Gasteiger partial charge in [0, 0.05) is 5.56 Å². The normalized spacial score (nSPS) is 11.8. The van der Waals surface area contributed by atoms with Gasteiger partial charge >= 0.3 is 0 Å². The Morgan fingerprint density at radius 2 is 1.92 bits per heavy atom. The third-order valence-corrected chi connectivity index (χ3v) is 4.24. The maximum absolute atomic E-state index is 12.1. The van der Waals surface area contributed by atoms with Crippen molar-refractivity contribution in [3.05, 3.63) is 65.5 Å². The van der Waals surface area contributed by atoms with Crippen LogP contribution in [0.15, 0.2) is 53.3 Å². The van der Waals surface area contributed by atoms with Crippen LogP contribution < -0.4 is 10.1 Å². The third-order valence-electron chi connectivity index (χ3n) is 4.24. The molecule has 0 saturated carbocycles. The number of aryl methyl sites for hydroxylation is 2. The molecule has 1 aromatic heterocycles. The van der Waals surface area contributed by atoms with Gasteiger partial charge in [0.15, 0.2) is 6.61 Å². The molecular formula is C20H21N3O3. The SMILES string of the molecule is Cc1ccc(C(C)NC(=O)COc2ccc(-c3nnco3)cc2)cc1C. The summed E-state index contributed by atoms with van der Waals surface area (Å²) in [4.78, 5) is 12.1. The highest BCUT2D eigenvalue weighted by Gasteiger charge is 2.11. The van der Waals surface area contributed by atoms with Gasteiger partial charge in [0.05, 0.1) is 6.04 Å². The van der Waals surface area contributed by atoms with E-state index in [0.717, 1.165) is 11.1 Å². The van der Waals surface area contributed by atoms with E-state index < -0.39 is 0 Å². The van der Waals surface area contributed by atoms with E-state index in [9.17, 15) is 4.79 Å². The Balaban J connectivity index is 1.52.